The fraction of sp³-hybridized carbons (Fsp3) is 0.300. The van der Waals surface area contributed by atoms with Gasteiger partial charge in [-0.2, -0.15) is 0 Å². The van der Waals surface area contributed by atoms with Crippen LogP contribution in [0.4, 0.5) is 0 Å². The van der Waals surface area contributed by atoms with Gasteiger partial charge in [0.05, 0.1) is 5.69 Å². The molecule has 112 valence electrons. The lowest BCUT2D eigenvalue weighted by atomic mass is 9.91. The Labute approximate surface area is 131 Å². The fourth-order valence-corrected chi connectivity index (χ4v) is 3.74. The Bertz CT molecular complexity index is 786. The first-order valence-electron chi connectivity index (χ1n) is 8.29. The van der Waals surface area contributed by atoms with Crippen molar-refractivity contribution < 1.29 is 5.32 Å². The van der Waals surface area contributed by atoms with E-state index in [0.717, 1.165) is 6.54 Å². The van der Waals surface area contributed by atoms with Crippen LogP contribution in [-0.2, 0) is 13.0 Å². The van der Waals surface area contributed by atoms with Gasteiger partial charge in [0.25, 0.3) is 0 Å². The van der Waals surface area contributed by atoms with E-state index in [1.807, 2.05) is 0 Å². The highest BCUT2D eigenvalue weighted by Gasteiger charge is 2.26. The number of benzene rings is 2. The maximum Gasteiger partial charge on any atom is 0.127 e. The molecule has 0 bridgehead atoms. The van der Waals surface area contributed by atoms with E-state index in [-0.39, 0.29) is 0 Å². The zero-order valence-corrected chi connectivity index (χ0v) is 13.1. The van der Waals surface area contributed by atoms with Crippen LogP contribution in [0.25, 0.3) is 10.9 Å². The SMILES string of the molecule is Cc1ccc2[nH]c3c(c2c1)CCC[C@@H]3[NH2+]Cc1ccccc1. The molecule has 1 atom stereocenters. The van der Waals surface area contributed by atoms with Crippen LogP contribution in [0.1, 0.15) is 41.3 Å². The molecule has 22 heavy (non-hydrogen) atoms. The lowest BCUT2D eigenvalue weighted by molar-refractivity contribution is -0.712. The smallest absolute Gasteiger partial charge is 0.127 e. The van der Waals surface area contributed by atoms with Crippen molar-refractivity contribution in [2.24, 2.45) is 0 Å². The van der Waals surface area contributed by atoms with E-state index in [0.29, 0.717) is 6.04 Å². The summed E-state index contributed by atoms with van der Waals surface area (Å²) < 4.78 is 0. The van der Waals surface area contributed by atoms with Crippen LogP contribution in [0.3, 0.4) is 0 Å². The van der Waals surface area contributed by atoms with Crippen LogP contribution in [0.5, 0.6) is 0 Å². The zero-order chi connectivity index (χ0) is 14.9. The molecule has 2 nitrogen and oxygen atoms in total. The standard InChI is InChI=1S/C20H22N2/c1-14-10-11-18-17(12-14)16-8-5-9-19(20(16)22-18)21-13-15-6-3-2-4-7-15/h2-4,6-7,10-12,19,21-22H,5,8-9,13H2,1H3/p+1/t19-/m0/s1. The second-order valence-electron chi connectivity index (χ2n) is 6.49. The molecule has 0 saturated carbocycles. The minimum Gasteiger partial charge on any atom is -0.353 e. The van der Waals surface area contributed by atoms with Gasteiger partial charge in [-0.05, 0) is 37.5 Å². The maximum atomic E-state index is 3.70. The minimum atomic E-state index is 0.566. The number of aryl methyl sites for hydroxylation is 2. The molecule has 1 aromatic heterocycles. The summed E-state index contributed by atoms with van der Waals surface area (Å²) in [4.78, 5) is 3.70. The predicted molar refractivity (Wildman–Crippen MR) is 90.8 cm³/mol. The van der Waals surface area contributed by atoms with Gasteiger partial charge in [0.15, 0.2) is 0 Å². The summed E-state index contributed by atoms with van der Waals surface area (Å²) in [5.41, 5.74) is 7.07. The fourth-order valence-electron chi connectivity index (χ4n) is 3.74. The first-order chi connectivity index (χ1) is 10.8. The molecule has 1 aliphatic carbocycles. The van der Waals surface area contributed by atoms with Gasteiger partial charge in [-0.25, -0.2) is 0 Å². The van der Waals surface area contributed by atoms with Crippen LogP contribution in [0, 0.1) is 6.92 Å². The molecule has 3 N–H and O–H groups in total. The minimum absolute atomic E-state index is 0.566. The summed E-state index contributed by atoms with van der Waals surface area (Å²) >= 11 is 0. The largest absolute Gasteiger partial charge is 0.353 e. The van der Waals surface area contributed by atoms with Gasteiger partial charge in [0.2, 0.25) is 0 Å². The third kappa shape index (κ3) is 2.44. The summed E-state index contributed by atoms with van der Waals surface area (Å²) in [6.45, 7) is 3.24. The Balaban J connectivity index is 1.63. The zero-order valence-electron chi connectivity index (χ0n) is 13.1. The molecule has 0 aliphatic heterocycles. The normalized spacial score (nSPS) is 17.6. The highest BCUT2D eigenvalue weighted by Crippen LogP contribution is 2.33. The first kappa shape index (κ1) is 13.6. The Kier molecular flexibility index (Phi) is 3.47. The number of quaternary nitrogens is 1. The highest BCUT2D eigenvalue weighted by molar-refractivity contribution is 5.85. The van der Waals surface area contributed by atoms with Gasteiger partial charge in [-0.1, -0.05) is 42.0 Å². The average molecular weight is 291 g/mol. The number of H-pyrrole nitrogens is 1. The molecular weight excluding hydrogens is 268 g/mol. The van der Waals surface area contributed by atoms with Crippen molar-refractivity contribution in [2.45, 2.75) is 38.8 Å². The second kappa shape index (κ2) is 5.62. The topological polar surface area (TPSA) is 32.4 Å². The van der Waals surface area contributed by atoms with Crippen molar-refractivity contribution in [1.29, 1.82) is 0 Å². The highest BCUT2D eigenvalue weighted by atomic mass is 14.9. The van der Waals surface area contributed by atoms with Crippen molar-refractivity contribution in [1.82, 2.24) is 4.98 Å². The summed E-state index contributed by atoms with van der Waals surface area (Å²) in [6, 6.07) is 18.1. The molecular formula is C20H23N2+. The van der Waals surface area contributed by atoms with E-state index in [9.17, 15) is 0 Å². The molecule has 0 unspecified atom stereocenters. The van der Waals surface area contributed by atoms with E-state index >= 15 is 0 Å². The summed E-state index contributed by atoms with van der Waals surface area (Å²) in [5.74, 6) is 0. The van der Waals surface area contributed by atoms with Crippen molar-refractivity contribution in [3.8, 4) is 0 Å². The number of nitrogens with one attached hydrogen (secondary N) is 1. The van der Waals surface area contributed by atoms with Crippen molar-refractivity contribution in [3.63, 3.8) is 0 Å². The third-order valence-electron chi connectivity index (χ3n) is 4.89. The van der Waals surface area contributed by atoms with Gasteiger partial charge < -0.3 is 10.3 Å². The molecule has 2 aromatic carbocycles. The Morgan fingerprint density at radius 3 is 2.86 bits per heavy atom. The number of aromatic nitrogens is 1. The van der Waals surface area contributed by atoms with Gasteiger partial charge >= 0.3 is 0 Å². The van der Waals surface area contributed by atoms with Crippen LogP contribution < -0.4 is 5.32 Å². The molecule has 0 saturated heterocycles. The number of rotatable bonds is 3. The van der Waals surface area contributed by atoms with Crippen molar-refractivity contribution in [2.75, 3.05) is 0 Å². The maximum absolute atomic E-state index is 3.70. The predicted octanol–water partition coefficient (Wildman–Crippen LogP) is 3.62. The molecule has 0 amide bonds. The second-order valence-corrected chi connectivity index (χ2v) is 6.49. The van der Waals surface area contributed by atoms with Crippen LogP contribution in [0.15, 0.2) is 48.5 Å². The average Bonchev–Trinajstić information content (AvgIpc) is 2.92. The number of nitrogens with two attached hydrogens (primary N) is 1. The van der Waals surface area contributed by atoms with Crippen molar-refractivity contribution >= 4 is 10.9 Å². The van der Waals surface area contributed by atoms with Crippen molar-refractivity contribution in [3.05, 3.63) is 70.9 Å². The Hall–Kier alpha value is -2.06. The lowest BCUT2D eigenvalue weighted by Gasteiger charge is -2.21. The summed E-state index contributed by atoms with van der Waals surface area (Å²) in [6.07, 6.45) is 3.78. The summed E-state index contributed by atoms with van der Waals surface area (Å²) in [5, 5.41) is 3.93. The monoisotopic (exact) mass is 291 g/mol. The molecule has 1 heterocycles. The van der Waals surface area contributed by atoms with E-state index < -0.39 is 0 Å². The van der Waals surface area contributed by atoms with Gasteiger partial charge in [0, 0.05) is 22.9 Å². The Morgan fingerprint density at radius 1 is 1.14 bits per heavy atom. The molecule has 3 aromatic rings. The van der Waals surface area contributed by atoms with Crippen LogP contribution >= 0.6 is 0 Å². The lowest BCUT2D eigenvalue weighted by Crippen LogP contribution is -2.84. The van der Waals surface area contributed by atoms with E-state index in [1.165, 1.54) is 47.0 Å². The quantitative estimate of drug-likeness (QED) is 0.739. The molecule has 2 heteroatoms. The van der Waals surface area contributed by atoms with E-state index in [2.05, 4.69) is 65.8 Å². The van der Waals surface area contributed by atoms with Gasteiger partial charge in [0.1, 0.15) is 12.6 Å². The molecule has 0 fully saturated rings. The van der Waals surface area contributed by atoms with Crippen LogP contribution in [-0.4, -0.2) is 4.98 Å². The van der Waals surface area contributed by atoms with Gasteiger partial charge in [-0.15, -0.1) is 0 Å². The molecule has 4 rings (SSSR count). The molecule has 0 radical (unpaired) electrons. The molecule has 1 aliphatic rings. The van der Waals surface area contributed by atoms with E-state index in [4.69, 9.17) is 0 Å². The number of fused-ring (bicyclic) bond motifs is 3. The third-order valence-corrected chi connectivity index (χ3v) is 4.89. The van der Waals surface area contributed by atoms with Crippen LogP contribution in [0.2, 0.25) is 0 Å². The number of aromatic amines is 1. The van der Waals surface area contributed by atoms with Gasteiger partial charge in [-0.3, -0.25) is 0 Å². The first-order valence-corrected chi connectivity index (χ1v) is 8.29. The van der Waals surface area contributed by atoms with E-state index in [1.54, 1.807) is 5.56 Å². The summed E-state index contributed by atoms with van der Waals surface area (Å²) in [7, 11) is 0. The molecule has 0 spiro atoms. The Morgan fingerprint density at radius 2 is 2.00 bits per heavy atom. The number of hydrogen-bond donors (Lipinski definition) is 2. The number of hydrogen-bond acceptors (Lipinski definition) is 0.